The number of aryl methyl sites for hydroxylation is 2. The summed E-state index contributed by atoms with van der Waals surface area (Å²) < 4.78 is 0.835. The molecule has 0 atom stereocenters. The van der Waals surface area contributed by atoms with Crippen LogP contribution in [0.2, 0.25) is 5.02 Å². The van der Waals surface area contributed by atoms with Crippen LogP contribution in [0.5, 0.6) is 0 Å². The number of halogens is 1. The fraction of sp³-hybridized carbons (Fsp3) is 0.143. The normalized spacial score (nSPS) is 11.1. The van der Waals surface area contributed by atoms with E-state index >= 15 is 0 Å². The van der Waals surface area contributed by atoms with Crippen molar-refractivity contribution in [1.82, 2.24) is 9.97 Å². The zero-order valence-corrected chi connectivity index (χ0v) is 17.0. The summed E-state index contributed by atoms with van der Waals surface area (Å²) in [5.74, 6) is 0.0711. The number of hydrogen-bond acceptors (Lipinski definition) is 6. The first-order valence-electron chi connectivity index (χ1n) is 8.54. The molecule has 28 heavy (non-hydrogen) atoms. The van der Waals surface area contributed by atoms with Gasteiger partial charge in [0.2, 0.25) is 0 Å². The molecule has 0 amide bonds. The molecule has 4 rings (SSSR count). The summed E-state index contributed by atoms with van der Waals surface area (Å²) in [4.78, 5) is 22.5. The molecule has 3 heterocycles. The van der Waals surface area contributed by atoms with Gasteiger partial charge in [0.15, 0.2) is 5.78 Å². The molecule has 0 radical (unpaired) electrons. The molecule has 5 nitrogen and oxygen atoms in total. The Bertz CT molecular complexity index is 1350. The summed E-state index contributed by atoms with van der Waals surface area (Å²) >= 11 is 7.94. The van der Waals surface area contributed by atoms with Crippen molar-refractivity contribution in [2.45, 2.75) is 20.8 Å². The van der Waals surface area contributed by atoms with Gasteiger partial charge >= 0.3 is 0 Å². The van der Waals surface area contributed by atoms with Gasteiger partial charge < -0.3 is 5.73 Å². The van der Waals surface area contributed by atoms with E-state index in [1.54, 1.807) is 6.07 Å². The molecule has 4 aromatic rings. The van der Waals surface area contributed by atoms with Crippen molar-refractivity contribution >= 4 is 55.0 Å². The van der Waals surface area contributed by atoms with Crippen molar-refractivity contribution in [2.75, 3.05) is 5.73 Å². The SMILES string of the molecule is CC(=O)c1c(C)nc2sc3c(C)c(C#N)c(N)nc3c2c1-c1ccccc1Cl. The Balaban J connectivity index is 2.31. The third kappa shape index (κ3) is 2.55. The van der Waals surface area contributed by atoms with Crippen LogP contribution in [-0.4, -0.2) is 15.8 Å². The fourth-order valence-electron chi connectivity index (χ4n) is 3.58. The van der Waals surface area contributed by atoms with Crippen LogP contribution in [-0.2, 0) is 0 Å². The molecule has 0 spiro atoms. The third-order valence-corrected chi connectivity index (χ3v) is 6.33. The Morgan fingerprint density at radius 2 is 1.96 bits per heavy atom. The predicted octanol–water partition coefficient (Wildman–Crippen LogP) is 5.44. The summed E-state index contributed by atoms with van der Waals surface area (Å²) in [6.45, 7) is 5.18. The first-order chi connectivity index (χ1) is 13.3. The molecule has 3 aromatic heterocycles. The van der Waals surface area contributed by atoms with Gasteiger partial charge in [0.05, 0.1) is 21.5 Å². The van der Waals surface area contributed by atoms with Gasteiger partial charge in [0.1, 0.15) is 16.7 Å². The highest BCUT2D eigenvalue weighted by Gasteiger charge is 2.25. The summed E-state index contributed by atoms with van der Waals surface area (Å²) in [7, 11) is 0. The van der Waals surface area contributed by atoms with Gasteiger partial charge in [-0.25, -0.2) is 9.97 Å². The average Bonchev–Trinajstić information content (AvgIpc) is 2.99. The van der Waals surface area contributed by atoms with Crippen LogP contribution in [0.3, 0.4) is 0 Å². The molecule has 138 valence electrons. The molecule has 7 heteroatoms. The minimum atomic E-state index is -0.0977. The van der Waals surface area contributed by atoms with E-state index < -0.39 is 0 Å². The number of nitrogens with two attached hydrogens (primary N) is 1. The van der Waals surface area contributed by atoms with Crippen LogP contribution in [0.25, 0.3) is 31.6 Å². The second-order valence-electron chi connectivity index (χ2n) is 6.55. The molecule has 2 N–H and O–H groups in total. The van der Waals surface area contributed by atoms with Gasteiger partial charge in [0, 0.05) is 27.1 Å². The Morgan fingerprint density at radius 1 is 1.25 bits per heavy atom. The van der Waals surface area contributed by atoms with Crippen LogP contribution in [0, 0.1) is 25.2 Å². The minimum absolute atomic E-state index is 0.0977. The van der Waals surface area contributed by atoms with E-state index in [1.165, 1.54) is 18.3 Å². The summed E-state index contributed by atoms with van der Waals surface area (Å²) in [6.07, 6.45) is 0. The summed E-state index contributed by atoms with van der Waals surface area (Å²) in [5, 5.41) is 10.7. The van der Waals surface area contributed by atoms with Crippen molar-refractivity contribution < 1.29 is 4.79 Å². The van der Waals surface area contributed by atoms with Crippen LogP contribution in [0.1, 0.15) is 34.1 Å². The first kappa shape index (κ1) is 18.4. The van der Waals surface area contributed by atoms with Gasteiger partial charge in [-0.2, -0.15) is 5.26 Å². The van der Waals surface area contributed by atoms with Crippen LogP contribution < -0.4 is 5.73 Å². The molecule has 0 saturated carbocycles. The summed E-state index contributed by atoms with van der Waals surface area (Å²) in [6, 6.07) is 9.51. The number of fused-ring (bicyclic) bond motifs is 3. The minimum Gasteiger partial charge on any atom is -0.383 e. The van der Waals surface area contributed by atoms with E-state index in [1.807, 2.05) is 32.0 Å². The van der Waals surface area contributed by atoms with Crippen LogP contribution in [0.4, 0.5) is 5.82 Å². The van der Waals surface area contributed by atoms with E-state index in [0.717, 1.165) is 26.0 Å². The van der Waals surface area contributed by atoms with Crippen molar-refractivity contribution in [3.8, 4) is 17.2 Å². The topological polar surface area (TPSA) is 92.7 Å². The van der Waals surface area contributed by atoms with Crippen LogP contribution in [0.15, 0.2) is 24.3 Å². The number of carbonyl (C=O) groups is 1. The highest BCUT2D eigenvalue weighted by atomic mass is 35.5. The summed E-state index contributed by atoms with van der Waals surface area (Å²) in [5.41, 5.74) is 10.4. The third-order valence-electron chi connectivity index (χ3n) is 4.81. The standard InChI is InChI=1S/C21H15ClN4OS/c1-9-13(8-23)20(24)26-18-17-16(12-6-4-5-7-14(12)22)15(11(3)27)10(2)25-21(17)28-19(9)18/h4-7H,1-3H3,(H2,24,26). The number of rotatable bonds is 2. The largest absolute Gasteiger partial charge is 0.383 e. The maximum absolute atomic E-state index is 12.5. The van der Waals surface area contributed by atoms with Crippen LogP contribution >= 0.6 is 22.9 Å². The number of benzene rings is 1. The van der Waals surface area contributed by atoms with Gasteiger partial charge in [-0.15, -0.1) is 11.3 Å². The number of nitrogens with zero attached hydrogens (tertiary/aromatic N) is 3. The number of ketones is 1. The molecule has 1 aromatic carbocycles. The molecule has 0 aliphatic carbocycles. The lowest BCUT2D eigenvalue weighted by Crippen LogP contribution is -2.03. The lowest BCUT2D eigenvalue weighted by molar-refractivity contribution is 0.101. The molecule has 0 aliphatic rings. The lowest BCUT2D eigenvalue weighted by Gasteiger charge is -2.13. The molecular weight excluding hydrogens is 392 g/mol. The van der Waals surface area contributed by atoms with E-state index in [4.69, 9.17) is 17.3 Å². The number of carbonyl (C=O) groups excluding carboxylic acids is 1. The monoisotopic (exact) mass is 406 g/mol. The number of aromatic nitrogens is 2. The molecule has 0 fully saturated rings. The van der Waals surface area contributed by atoms with E-state index in [2.05, 4.69) is 16.0 Å². The van der Waals surface area contributed by atoms with Gasteiger partial charge in [-0.3, -0.25) is 4.79 Å². The molecule has 0 saturated heterocycles. The zero-order chi connectivity index (χ0) is 20.2. The van der Waals surface area contributed by atoms with Gasteiger partial charge in [0.25, 0.3) is 0 Å². The smallest absolute Gasteiger partial charge is 0.162 e. The zero-order valence-electron chi connectivity index (χ0n) is 15.4. The van der Waals surface area contributed by atoms with Gasteiger partial charge in [-0.1, -0.05) is 29.8 Å². The average molecular weight is 407 g/mol. The number of nitrogen functional groups attached to an aromatic ring is 1. The number of hydrogen-bond donors (Lipinski definition) is 1. The molecule has 0 unspecified atom stereocenters. The maximum atomic E-state index is 12.5. The number of nitriles is 1. The quantitative estimate of drug-likeness (QED) is 0.447. The van der Waals surface area contributed by atoms with E-state index in [9.17, 15) is 10.1 Å². The Kier molecular flexibility index (Phi) is 4.30. The van der Waals surface area contributed by atoms with E-state index in [-0.39, 0.29) is 11.6 Å². The molecule has 0 aliphatic heterocycles. The molecule has 0 bridgehead atoms. The Hall–Kier alpha value is -3.01. The highest BCUT2D eigenvalue weighted by Crippen LogP contribution is 2.44. The van der Waals surface area contributed by atoms with Crippen molar-refractivity contribution in [3.63, 3.8) is 0 Å². The lowest BCUT2D eigenvalue weighted by atomic mass is 9.93. The number of pyridine rings is 2. The Labute approximate surface area is 170 Å². The second-order valence-corrected chi connectivity index (χ2v) is 7.96. The fourth-order valence-corrected chi connectivity index (χ4v) is 4.98. The van der Waals surface area contributed by atoms with Crippen molar-refractivity contribution in [2.24, 2.45) is 0 Å². The van der Waals surface area contributed by atoms with Crippen molar-refractivity contribution in [3.05, 3.63) is 51.7 Å². The van der Waals surface area contributed by atoms with Crippen molar-refractivity contribution in [1.29, 1.82) is 5.26 Å². The maximum Gasteiger partial charge on any atom is 0.162 e. The number of anilines is 1. The van der Waals surface area contributed by atoms with Gasteiger partial charge in [-0.05, 0) is 32.4 Å². The second kappa shape index (κ2) is 6.55. The molecular formula is C21H15ClN4OS. The predicted molar refractivity (Wildman–Crippen MR) is 114 cm³/mol. The Morgan fingerprint density at radius 3 is 2.61 bits per heavy atom. The first-order valence-corrected chi connectivity index (χ1v) is 9.73. The highest BCUT2D eigenvalue weighted by molar-refractivity contribution is 7.25. The van der Waals surface area contributed by atoms with E-state index in [0.29, 0.717) is 32.9 Å². The number of thiophene rings is 1. The number of Topliss-reactive ketones (excluding diaryl/α,β-unsaturated/α-hetero) is 1.